The number of halogens is 2. The van der Waals surface area contributed by atoms with Crippen molar-refractivity contribution in [3.63, 3.8) is 0 Å². The van der Waals surface area contributed by atoms with Crippen LogP contribution in [0.15, 0.2) is 64.0 Å². The molecule has 1 fully saturated rings. The van der Waals surface area contributed by atoms with Gasteiger partial charge in [-0.1, -0.05) is 23.7 Å². The number of carbonyl (C=O) groups is 2. The second kappa shape index (κ2) is 8.49. The molecule has 8 heteroatoms. The minimum absolute atomic E-state index is 0.0314. The second-order valence-electron chi connectivity index (χ2n) is 6.92. The molecule has 0 bridgehead atoms. The van der Waals surface area contributed by atoms with Crippen molar-refractivity contribution >= 4 is 62.0 Å². The van der Waals surface area contributed by atoms with E-state index < -0.39 is 17.7 Å². The molecule has 1 unspecified atom stereocenters. The maximum Gasteiger partial charge on any atom is 0.300 e. The molecule has 1 N–H and O–H groups in total. The number of Topliss-reactive ketones (excluding diaryl/α,β-unsaturated/α-hetero) is 1. The zero-order chi connectivity index (χ0) is 22.3. The van der Waals surface area contributed by atoms with Crippen LogP contribution >= 0.6 is 38.9 Å². The Balaban J connectivity index is 1.94. The number of methoxy groups -OCH3 is 1. The molecule has 1 amide bonds. The van der Waals surface area contributed by atoms with Crippen molar-refractivity contribution in [2.45, 2.75) is 13.0 Å². The first kappa shape index (κ1) is 21.6. The smallest absolute Gasteiger partial charge is 0.300 e. The number of thiophene rings is 1. The average molecular weight is 519 g/mol. The van der Waals surface area contributed by atoms with E-state index in [4.69, 9.17) is 16.3 Å². The Bertz CT molecular complexity index is 1220. The minimum Gasteiger partial charge on any atom is -0.507 e. The number of nitrogens with zero attached hydrogens (tertiary/aromatic N) is 1. The molecule has 0 aliphatic carbocycles. The number of carbonyl (C=O) groups excluding carboxylic acids is 2. The zero-order valence-electron chi connectivity index (χ0n) is 16.6. The van der Waals surface area contributed by atoms with Crippen molar-refractivity contribution in [1.82, 2.24) is 0 Å². The lowest BCUT2D eigenvalue weighted by Crippen LogP contribution is -2.29. The van der Waals surface area contributed by atoms with Crippen LogP contribution in [0.25, 0.3) is 5.76 Å². The Kier molecular flexibility index (Phi) is 5.92. The number of benzene rings is 2. The Morgan fingerprint density at radius 3 is 2.61 bits per heavy atom. The van der Waals surface area contributed by atoms with E-state index in [2.05, 4.69) is 15.9 Å². The fraction of sp³-hybridized carbons (Fsp3) is 0.130. The number of hydrogen-bond donors (Lipinski definition) is 1. The number of ether oxygens (including phenoxy) is 1. The summed E-state index contributed by atoms with van der Waals surface area (Å²) >= 11 is 11.1. The summed E-state index contributed by atoms with van der Waals surface area (Å²) in [4.78, 5) is 28.5. The van der Waals surface area contributed by atoms with Crippen LogP contribution in [0.2, 0.25) is 5.02 Å². The molecule has 1 aromatic heterocycles. The predicted molar refractivity (Wildman–Crippen MR) is 126 cm³/mol. The van der Waals surface area contributed by atoms with Gasteiger partial charge in [-0.2, -0.15) is 0 Å². The van der Waals surface area contributed by atoms with E-state index in [1.165, 1.54) is 23.3 Å². The van der Waals surface area contributed by atoms with Crippen LogP contribution in [-0.4, -0.2) is 23.9 Å². The highest BCUT2D eigenvalue weighted by atomic mass is 79.9. The summed E-state index contributed by atoms with van der Waals surface area (Å²) in [5.74, 6) is -1.12. The Labute approximate surface area is 196 Å². The fourth-order valence-electron chi connectivity index (χ4n) is 3.62. The number of hydrogen-bond acceptors (Lipinski definition) is 5. The van der Waals surface area contributed by atoms with Gasteiger partial charge in [0.05, 0.1) is 17.2 Å². The van der Waals surface area contributed by atoms with Crippen LogP contribution in [0.4, 0.5) is 5.69 Å². The predicted octanol–water partition coefficient (Wildman–Crippen LogP) is 6.11. The third kappa shape index (κ3) is 3.67. The molecule has 1 aliphatic heterocycles. The normalized spacial score (nSPS) is 17.9. The summed E-state index contributed by atoms with van der Waals surface area (Å²) in [6, 6.07) is 13.1. The van der Waals surface area contributed by atoms with Crippen LogP contribution in [0.1, 0.15) is 22.0 Å². The van der Waals surface area contributed by atoms with Crippen LogP contribution in [0.3, 0.4) is 0 Å². The topological polar surface area (TPSA) is 66.8 Å². The van der Waals surface area contributed by atoms with Gasteiger partial charge in [-0.15, -0.1) is 11.3 Å². The molecule has 0 spiro atoms. The quantitative estimate of drug-likeness (QED) is 0.257. The summed E-state index contributed by atoms with van der Waals surface area (Å²) in [5, 5.41) is 13.5. The molecule has 1 saturated heterocycles. The highest BCUT2D eigenvalue weighted by Gasteiger charge is 2.47. The maximum atomic E-state index is 13.2. The highest BCUT2D eigenvalue weighted by molar-refractivity contribution is 9.10. The van der Waals surface area contributed by atoms with Gasteiger partial charge in [0.25, 0.3) is 11.7 Å². The van der Waals surface area contributed by atoms with Gasteiger partial charge >= 0.3 is 0 Å². The van der Waals surface area contributed by atoms with Crippen LogP contribution < -0.4 is 9.64 Å². The molecule has 31 heavy (non-hydrogen) atoms. The van der Waals surface area contributed by atoms with E-state index in [0.29, 0.717) is 32.1 Å². The van der Waals surface area contributed by atoms with Gasteiger partial charge < -0.3 is 9.84 Å². The Morgan fingerprint density at radius 2 is 1.97 bits per heavy atom. The van der Waals surface area contributed by atoms with Gasteiger partial charge in [0.15, 0.2) is 0 Å². The van der Waals surface area contributed by atoms with Crippen molar-refractivity contribution < 1.29 is 19.4 Å². The number of anilines is 1. The van der Waals surface area contributed by atoms with Crippen molar-refractivity contribution in [1.29, 1.82) is 0 Å². The molecular formula is C23H17BrClNO4S. The number of ketones is 1. The minimum atomic E-state index is -0.766. The Morgan fingerprint density at radius 1 is 1.19 bits per heavy atom. The summed E-state index contributed by atoms with van der Waals surface area (Å²) < 4.78 is 5.86. The highest BCUT2D eigenvalue weighted by Crippen LogP contribution is 2.45. The third-order valence-electron chi connectivity index (χ3n) is 5.18. The van der Waals surface area contributed by atoms with Gasteiger partial charge in [-0.25, -0.2) is 0 Å². The van der Waals surface area contributed by atoms with E-state index in [1.807, 2.05) is 17.5 Å². The number of aliphatic hydroxyl groups excluding tert-OH is 1. The molecule has 1 atom stereocenters. The summed E-state index contributed by atoms with van der Waals surface area (Å²) in [6.07, 6.45) is 0. The monoisotopic (exact) mass is 517 g/mol. The molecule has 0 radical (unpaired) electrons. The van der Waals surface area contributed by atoms with Gasteiger partial charge in [0.2, 0.25) is 0 Å². The summed E-state index contributed by atoms with van der Waals surface area (Å²) in [5.41, 5.74) is 1.64. The SMILES string of the molecule is COc1ccc(/C(O)=C2/C(=O)C(=O)N(c3cccc(Cl)c3C)C2c2cccs2)cc1Br. The molecule has 4 rings (SSSR count). The molecule has 1 aliphatic rings. The lowest BCUT2D eigenvalue weighted by atomic mass is 9.99. The summed E-state index contributed by atoms with van der Waals surface area (Å²) in [6.45, 7) is 1.79. The average Bonchev–Trinajstić information content (AvgIpc) is 3.37. The van der Waals surface area contributed by atoms with Gasteiger partial charge in [-0.05, 0) is 70.2 Å². The number of rotatable bonds is 4. The van der Waals surface area contributed by atoms with Crippen molar-refractivity contribution in [3.8, 4) is 5.75 Å². The molecule has 2 aromatic carbocycles. The van der Waals surface area contributed by atoms with Gasteiger partial charge in [0, 0.05) is 21.2 Å². The zero-order valence-corrected chi connectivity index (χ0v) is 19.7. The fourth-order valence-corrected chi connectivity index (χ4v) is 5.16. The van der Waals surface area contributed by atoms with E-state index in [1.54, 1.807) is 43.3 Å². The third-order valence-corrected chi connectivity index (χ3v) is 7.13. The van der Waals surface area contributed by atoms with E-state index >= 15 is 0 Å². The van der Waals surface area contributed by atoms with E-state index in [9.17, 15) is 14.7 Å². The van der Waals surface area contributed by atoms with Crippen LogP contribution in [0, 0.1) is 6.92 Å². The molecule has 5 nitrogen and oxygen atoms in total. The lowest BCUT2D eigenvalue weighted by molar-refractivity contribution is -0.132. The molecular weight excluding hydrogens is 502 g/mol. The van der Waals surface area contributed by atoms with E-state index in [0.717, 1.165) is 4.88 Å². The maximum absolute atomic E-state index is 13.2. The van der Waals surface area contributed by atoms with Crippen LogP contribution in [0.5, 0.6) is 5.75 Å². The van der Waals surface area contributed by atoms with E-state index in [-0.39, 0.29) is 11.3 Å². The number of aliphatic hydroxyl groups is 1. The molecule has 0 saturated carbocycles. The largest absolute Gasteiger partial charge is 0.507 e. The van der Waals surface area contributed by atoms with Crippen molar-refractivity contribution in [2.24, 2.45) is 0 Å². The molecule has 3 aromatic rings. The lowest BCUT2D eigenvalue weighted by Gasteiger charge is -2.26. The second-order valence-corrected chi connectivity index (χ2v) is 9.16. The van der Waals surface area contributed by atoms with Gasteiger partial charge in [0.1, 0.15) is 17.6 Å². The van der Waals surface area contributed by atoms with Crippen molar-refractivity contribution in [2.75, 3.05) is 12.0 Å². The van der Waals surface area contributed by atoms with Gasteiger partial charge in [-0.3, -0.25) is 14.5 Å². The standard InChI is InChI=1S/C23H17BrClNO4S/c1-12-15(25)5-3-6-16(12)26-20(18-7-4-10-31-18)19(22(28)23(26)29)21(27)13-8-9-17(30-2)14(24)11-13/h3-11,20,27H,1-2H3/b21-19-. The first-order valence-corrected chi connectivity index (χ1v) is 11.3. The molecule has 2 heterocycles. The van der Waals surface area contributed by atoms with Crippen molar-refractivity contribution in [3.05, 3.63) is 85.0 Å². The number of amides is 1. The first-order valence-electron chi connectivity index (χ1n) is 9.28. The molecule has 158 valence electrons. The Hall–Kier alpha value is -2.61. The summed E-state index contributed by atoms with van der Waals surface area (Å²) in [7, 11) is 1.54. The van der Waals surface area contributed by atoms with Crippen LogP contribution in [-0.2, 0) is 9.59 Å². The first-order chi connectivity index (χ1) is 14.8.